The van der Waals surface area contributed by atoms with Crippen molar-refractivity contribution in [2.45, 2.75) is 33.2 Å². The number of nitrogens with zero attached hydrogens (tertiary/aromatic N) is 3. The number of halogens is 1. The largest absolute Gasteiger partial charge is 0.358 e. The summed E-state index contributed by atoms with van der Waals surface area (Å²) in [6.45, 7) is 6.90. The molecule has 0 radical (unpaired) electrons. The third-order valence-electron chi connectivity index (χ3n) is 4.57. The van der Waals surface area contributed by atoms with Gasteiger partial charge in [0, 0.05) is 36.4 Å². The molecule has 0 unspecified atom stereocenters. The first kappa shape index (κ1) is 18.9. The zero-order chi connectivity index (χ0) is 18.5. The molecule has 2 N–H and O–H groups in total. The number of piperidine rings is 1. The molecule has 0 amide bonds. The lowest BCUT2D eigenvalue weighted by molar-refractivity contribution is 0.436. The first-order valence-electron chi connectivity index (χ1n) is 8.90. The molecule has 1 aromatic carbocycles. The molecule has 1 aliphatic rings. The Balaban J connectivity index is 1.62. The van der Waals surface area contributed by atoms with Crippen molar-refractivity contribution in [3.8, 4) is 0 Å². The summed E-state index contributed by atoms with van der Waals surface area (Å²) in [6, 6.07) is 9.73. The molecule has 2 aromatic rings. The van der Waals surface area contributed by atoms with Crippen molar-refractivity contribution in [2.75, 3.05) is 23.3 Å². The Morgan fingerprint density at radius 3 is 2.73 bits per heavy atom. The lowest BCUT2D eigenvalue weighted by Crippen LogP contribution is -2.34. The Morgan fingerprint density at radius 1 is 1.27 bits per heavy atom. The predicted octanol–water partition coefficient (Wildman–Crippen LogP) is 4.16. The van der Waals surface area contributed by atoms with E-state index in [1.54, 1.807) is 0 Å². The first-order chi connectivity index (χ1) is 12.5. The van der Waals surface area contributed by atoms with Gasteiger partial charge in [0.2, 0.25) is 5.95 Å². The van der Waals surface area contributed by atoms with Crippen LogP contribution in [0.2, 0.25) is 5.02 Å². The standard InChI is InChI=1S/C19H24ClN5S/c1-13-7-9-25(10-8-13)17-11-14(2)22-18(23-17)24-19(26)21-12-15-5-3-4-6-16(15)20/h3-6,11,13H,7-10,12H2,1-2H3,(H2,21,22,23,24,26). The van der Waals surface area contributed by atoms with Crippen LogP contribution in [0.25, 0.3) is 0 Å². The van der Waals surface area contributed by atoms with Crippen molar-refractivity contribution in [3.63, 3.8) is 0 Å². The average molecular weight is 390 g/mol. The number of aryl methyl sites for hydroxylation is 1. The number of benzene rings is 1. The maximum absolute atomic E-state index is 6.17. The van der Waals surface area contributed by atoms with Gasteiger partial charge in [-0.2, -0.15) is 4.98 Å². The number of aromatic nitrogens is 2. The summed E-state index contributed by atoms with van der Waals surface area (Å²) in [5.74, 6) is 2.27. The molecule has 0 saturated carbocycles. The van der Waals surface area contributed by atoms with E-state index < -0.39 is 0 Å². The number of nitrogens with one attached hydrogen (secondary N) is 2. The van der Waals surface area contributed by atoms with E-state index in [-0.39, 0.29) is 0 Å². The van der Waals surface area contributed by atoms with E-state index >= 15 is 0 Å². The predicted molar refractivity (Wildman–Crippen MR) is 112 cm³/mol. The Hall–Kier alpha value is -1.92. The fourth-order valence-electron chi connectivity index (χ4n) is 2.97. The second-order valence-electron chi connectivity index (χ2n) is 6.76. The molecule has 0 aliphatic carbocycles. The zero-order valence-corrected chi connectivity index (χ0v) is 16.7. The van der Waals surface area contributed by atoms with Gasteiger partial charge in [0.15, 0.2) is 5.11 Å². The molecule has 0 bridgehead atoms. The van der Waals surface area contributed by atoms with Gasteiger partial charge in [0.1, 0.15) is 5.82 Å². The molecule has 0 spiro atoms. The summed E-state index contributed by atoms with van der Waals surface area (Å²) in [6.07, 6.45) is 2.40. The maximum atomic E-state index is 6.17. The van der Waals surface area contributed by atoms with Crippen molar-refractivity contribution in [1.82, 2.24) is 15.3 Å². The van der Waals surface area contributed by atoms with E-state index in [9.17, 15) is 0 Å². The maximum Gasteiger partial charge on any atom is 0.231 e. The molecule has 1 fully saturated rings. The molecule has 1 aromatic heterocycles. The average Bonchev–Trinajstić information content (AvgIpc) is 2.61. The van der Waals surface area contributed by atoms with Gasteiger partial charge in [-0.15, -0.1) is 0 Å². The zero-order valence-electron chi connectivity index (χ0n) is 15.1. The van der Waals surface area contributed by atoms with Gasteiger partial charge in [-0.05, 0) is 49.5 Å². The SMILES string of the molecule is Cc1cc(N2CCC(C)CC2)nc(NC(=S)NCc2ccccc2Cl)n1. The number of anilines is 2. The van der Waals surface area contributed by atoms with Crippen molar-refractivity contribution in [2.24, 2.45) is 5.92 Å². The smallest absolute Gasteiger partial charge is 0.231 e. The lowest BCUT2D eigenvalue weighted by atomic mass is 9.99. The van der Waals surface area contributed by atoms with Crippen molar-refractivity contribution < 1.29 is 0 Å². The molecule has 7 heteroatoms. The monoisotopic (exact) mass is 389 g/mol. The van der Waals surface area contributed by atoms with Crippen molar-refractivity contribution in [1.29, 1.82) is 0 Å². The molecule has 26 heavy (non-hydrogen) atoms. The second kappa shape index (κ2) is 8.64. The molecule has 1 saturated heterocycles. The van der Waals surface area contributed by atoms with E-state index in [1.165, 1.54) is 12.8 Å². The number of thiocarbonyl (C=S) groups is 1. The molecular weight excluding hydrogens is 366 g/mol. The fraction of sp³-hybridized carbons (Fsp3) is 0.421. The minimum atomic E-state index is 0.480. The molecule has 3 rings (SSSR count). The molecule has 138 valence electrons. The molecule has 1 aliphatic heterocycles. The van der Waals surface area contributed by atoms with E-state index in [1.807, 2.05) is 37.3 Å². The van der Waals surface area contributed by atoms with Gasteiger partial charge in [0.25, 0.3) is 0 Å². The third kappa shape index (κ3) is 5.05. The molecule has 2 heterocycles. The van der Waals surface area contributed by atoms with Crippen LogP contribution in [-0.4, -0.2) is 28.2 Å². The van der Waals surface area contributed by atoms with E-state index in [2.05, 4.69) is 32.4 Å². The summed E-state index contributed by atoms with van der Waals surface area (Å²) >= 11 is 11.5. The van der Waals surface area contributed by atoms with E-state index in [0.717, 1.165) is 41.1 Å². The highest BCUT2D eigenvalue weighted by Crippen LogP contribution is 2.22. The second-order valence-corrected chi connectivity index (χ2v) is 7.58. The van der Waals surface area contributed by atoms with Crippen LogP contribution in [0.5, 0.6) is 0 Å². The van der Waals surface area contributed by atoms with E-state index in [0.29, 0.717) is 17.6 Å². The summed E-state index contributed by atoms with van der Waals surface area (Å²) in [5.41, 5.74) is 1.91. The van der Waals surface area contributed by atoms with Crippen LogP contribution in [0.1, 0.15) is 31.0 Å². The quantitative estimate of drug-likeness (QED) is 0.766. The van der Waals surface area contributed by atoms with Crippen LogP contribution in [0, 0.1) is 12.8 Å². The van der Waals surface area contributed by atoms with Crippen LogP contribution in [0.3, 0.4) is 0 Å². The summed E-state index contributed by atoms with van der Waals surface area (Å²) < 4.78 is 0. The van der Waals surface area contributed by atoms with Gasteiger partial charge >= 0.3 is 0 Å². The lowest BCUT2D eigenvalue weighted by Gasteiger charge is -2.31. The summed E-state index contributed by atoms with van der Waals surface area (Å²) in [5, 5.41) is 7.44. The van der Waals surface area contributed by atoms with Crippen LogP contribution >= 0.6 is 23.8 Å². The highest BCUT2D eigenvalue weighted by atomic mass is 35.5. The van der Waals surface area contributed by atoms with Gasteiger partial charge in [0.05, 0.1) is 0 Å². The highest BCUT2D eigenvalue weighted by molar-refractivity contribution is 7.80. The number of rotatable bonds is 4. The molecular formula is C19H24ClN5S. The van der Waals surface area contributed by atoms with Gasteiger partial charge in [-0.1, -0.05) is 36.7 Å². The van der Waals surface area contributed by atoms with Crippen LogP contribution in [0.4, 0.5) is 11.8 Å². The third-order valence-corrected chi connectivity index (χ3v) is 5.19. The Kier molecular flexibility index (Phi) is 6.27. The van der Waals surface area contributed by atoms with Crippen molar-refractivity contribution >= 4 is 40.7 Å². The normalized spacial score (nSPS) is 15.0. The fourth-order valence-corrected chi connectivity index (χ4v) is 3.34. The highest BCUT2D eigenvalue weighted by Gasteiger charge is 2.18. The molecule has 0 atom stereocenters. The van der Waals surface area contributed by atoms with Crippen LogP contribution in [-0.2, 0) is 6.54 Å². The minimum Gasteiger partial charge on any atom is -0.358 e. The van der Waals surface area contributed by atoms with Crippen LogP contribution < -0.4 is 15.5 Å². The van der Waals surface area contributed by atoms with Gasteiger partial charge in [-0.25, -0.2) is 4.98 Å². The van der Waals surface area contributed by atoms with Gasteiger partial charge < -0.3 is 15.5 Å². The van der Waals surface area contributed by atoms with Gasteiger partial charge in [-0.3, -0.25) is 0 Å². The first-order valence-corrected chi connectivity index (χ1v) is 9.69. The Morgan fingerprint density at radius 2 is 2.00 bits per heavy atom. The topological polar surface area (TPSA) is 53.1 Å². The van der Waals surface area contributed by atoms with Crippen LogP contribution in [0.15, 0.2) is 30.3 Å². The number of hydrogen-bond donors (Lipinski definition) is 2. The van der Waals surface area contributed by atoms with Crippen molar-refractivity contribution in [3.05, 3.63) is 46.6 Å². The Bertz CT molecular complexity index is 774. The molecule has 5 nitrogen and oxygen atoms in total. The summed E-state index contributed by atoms with van der Waals surface area (Å²) in [7, 11) is 0. The number of hydrogen-bond acceptors (Lipinski definition) is 4. The Labute approximate surface area is 165 Å². The minimum absolute atomic E-state index is 0.480. The summed E-state index contributed by atoms with van der Waals surface area (Å²) in [4.78, 5) is 11.4. The van der Waals surface area contributed by atoms with E-state index in [4.69, 9.17) is 23.8 Å².